The fraction of sp³-hybridized carbons (Fsp3) is 0.409. The molecular formula is C22H27NO3. The topological polar surface area (TPSA) is 51.0 Å². The van der Waals surface area contributed by atoms with Crippen LogP contribution in [0.1, 0.15) is 41.2 Å². The molecule has 0 aromatic heterocycles. The van der Waals surface area contributed by atoms with E-state index in [1.54, 1.807) is 6.21 Å². The van der Waals surface area contributed by atoms with E-state index >= 15 is 0 Å². The van der Waals surface area contributed by atoms with Crippen LogP contribution in [0.5, 0.6) is 11.5 Å². The van der Waals surface area contributed by atoms with Crippen LogP contribution in [-0.4, -0.2) is 17.5 Å². The number of hydrogen-bond acceptors (Lipinski definition) is 4. The van der Waals surface area contributed by atoms with Crippen LogP contribution < -0.4 is 9.47 Å². The molecule has 0 aliphatic carbocycles. The fourth-order valence-electron chi connectivity index (χ4n) is 3.67. The highest BCUT2D eigenvalue weighted by Crippen LogP contribution is 2.43. The van der Waals surface area contributed by atoms with E-state index < -0.39 is 0 Å². The number of nitrogens with zero attached hydrogens (tertiary/aromatic N) is 1. The first kappa shape index (κ1) is 18.3. The summed E-state index contributed by atoms with van der Waals surface area (Å²) in [7, 11) is 0. The second kappa shape index (κ2) is 7.81. The van der Waals surface area contributed by atoms with Crippen molar-refractivity contribution in [1.29, 1.82) is 0 Å². The molecule has 0 spiro atoms. The number of hydrogen-bond donors (Lipinski definition) is 1. The van der Waals surface area contributed by atoms with Crippen molar-refractivity contribution in [2.75, 3.05) is 0 Å². The first-order chi connectivity index (χ1) is 12.5. The standard InChI is InChI=1S/C22H27NO3/c1-14-15(2)22-20(12-19(10-11-23-24)17(4)26-22)16(3)21(14)25-13-18-8-6-5-7-9-18/h5-9,11,17,19,24H,10,12-13H2,1-4H3. The van der Waals surface area contributed by atoms with Gasteiger partial charge in [-0.1, -0.05) is 30.3 Å². The van der Waals surface area contributed by atoms with E-state index in [-0.39, 0.29) is 6.10 Å². The summed E-state index contributed by atoms with van der Waals surface area (Å²) in [5, 5.41) is 11.9. The Morgan fingerprint density at radius 1 is 1.15 bits per heavy atom. The Kier molecular flexibility index (Phi) is 5.50. The van der Waals surface area contributed by atoms with Crippen LogP contribution in [0.4, 0.5) is 0 Å². The van der Waals surface area contributed by atoms with Gasteiger partial charge in [0.1, 0.15) is 18.1 Å². The van der Waals surface area contributed by atoms with Crippen LogP contribution in [0.3, 0.4) is 0 Å². The zero-order valence-electron chi connectivity index (χ0n) is 16.0. The molecule has 0 saturated heterocycles. The first-order valence-electron chi connectivity index (χ1n) is 9.14. The zero-order chi connectivity index (χ0) is 18.7. The first-order valence-corrected chi connectivity index (χ1v) is 9.14. The van der Waals surface area contributed by atoms with E-state index in [4.69, 9.17) is 14.7 Å². The van der Waals surface area contributed by atoms with Gasteiger partial charge in [-0.2, -0.15) is 0 Å². The van der Waals surface area contributed by atoms with Gasteiger partial charge in [0.2, 0.25) is 0 Å². The van der Waals surface area contributed by atoms with Crippen molar-refractivity contribution >= 4 is 6.21 Å². The normalized spacial score (nSPS) is 19.2. The highest BCUT2D eigenvalue weighted by molar-refractivity contribution is 5.60. The molecule has 1 heterocycles. The van der Waals surface area contributed by atoms with Crippen LogP contribution >= 0.6 is 0 Å². The number of ether oxygens (including phenoxy) is 2. The Morgan fingerprint density at radius 2 is 1.88 bits per heavy atom. The molecule has 0 amide bonds. The molecule has 138 valence electrons. The quantitative estimate of drug-likeness (QED) is 0.468. The fourth-order valence-corrected chi connectivity index (χ4v) is 3.67. The molecule has 0 radical (unpaired) electrons. The predicted octanol–water partition coefficient (Wildman–Crippen LogP) is 4.98. The Balaban J connectivity index is 1.92. The minimum absolute atomic E-state index is 0.0917. The van der Waals surface area contributed by atoms with Crippen molar-refractivity contribution in [2.24, 2.45) is 11.1 Å². The Labute approximate surface area is 155 Å². The lowest BCUT2D eigenvalue weighted by molar-refractivity contribution is 0.131. The molecule has 0 bridgehead atoms. The lowest BCUT2D eigenvalue weighted by Crippen LogP contribution is -2.31. The summed E-state index contributed by atoms with van der Waals surface area (Å²) in [6.45, 7) is 8.95. The molecule has 1 N–H and O–H groups in total. The Bertz CT molecular complexity index is 799. The highest BCUT2D eigenvalue weighted by atomic mass is 16.5. The van der Waals surface area contributed by atoms with Crippen molar-refractivity contribution in [3.05, 3.63) is 58.1 Å². The molecule has 4 heteroatoms. The van der Waals surface area contributed by atoms with Gasteiger partial charge in [0, 0.05) is 17.7 Å². The molecule has 3 rings (SSSR count). The van der Waals surface area contributed by atoms with Gasteiger partial charge in [0.15, 0.2) is 0 Å². The largest absolute Gasteiger partial charge is 0.490 e. The van der Waals surface area contributed by atoms with Crippen molar-refractivity contribution in [1.82, 2.24) is 0 Å². The summed E-state index contributed by atoms with van der Waals surface area (Å²) in [6, 6.07) is 10.2. The molecule has 2 aromatic carbocycles. The molecular weight excluding hydrogens is 326 g/mol. The molecule has 1 aliphatic rings. The molecule has 1 aliphatic heterocycles. The van der Waals surface area contributed by atoms with Crippen LogP contribution in [0.15, 0.2) is 35.5 Å². The van der Waals surface area contributed by atoms with Gasteiger partial charge in [0.05, 0.1) is 6.10 Å². The van der Waals surface area contributed by atoms with Crippen LogP contribution in [-0.2, 0) is 13.0 Å². The molecule has 4 nitrogen and oxygen atoms in total. The summed E-state index contributed by atoms with van der Waals surface area (Å²) < 4.78 is 12.5. The van der Waals surface area contributed by atoms with Crippen LogP contribution in [0.2, 0.25) is 0 Å². The van der Waals surface area contributed by atoms with Gasteiger partial charge in [0.25, 0.3) is 0 Å². The smallest absolute Gasteiger partial charge is 0.126 e. The zero-order valence-corrected chi connectivity index (χ0v) is 16.0. The van der Waals surface area contributed by atoms with Gasteiger partial charge in [-0.15, -0.1) is 5.16 Å². The average Bonchev–Trinajstić information content (AvgIpc) is 2.65. The summed E-state index contributed by atoms with van der Waals surface area (Å²) >= 11 is 0. The predicted molar refractivity (Wildman–Crippen MR) is 104 cm³/mol. The van der Waals surface area contributed by atoms with Crippen molar-refractivity contribution in [3.8, 4) is 11.5 Å². The molecule has 2 unspecified atom stereocenters. The maximum Gasteiger partial charge on any atom is 0.126 e. The van der Waals surface area contributed by atoms with E-state index in [0.717, 1.165) is 40.2 Å². The molecule has 2 aromatic rings. The number of rotatable bonds is 5. The Morgan fingerprint density at radius 3 is 2.58 bits per heavy atom. The second-order valence-electron chi connectivity index (χ2n) is 7.11. The molecule has 0 saturated carbocycles. The Hall–Kier alpha value is -2.49. The lowest BCUT2D eigenvalue weighted by Gasteiger charge is -2.34. The van der Waals surface area contributed by atoms with E-state index in [0.29, 0.717) is 18.9 Å². The minimum atomic E-state index is 0.0917. The molecule has 26 heavy (non-hydrogen) atoms. The maximum atomic E-state index is 8.74. The highest BCUT2D eigenvalue weighted by Gasteiger charge is 2.31. The van der Waals surface area contributed by atoms with Gasteiger partial charge >= 0.3 is 0 Å². The second-order valence-corrected chi connectivity index (χ2v) is 7.11. The monoisotopic (exact) mass is 353 g/mol. The van der Waals surface area contributed by atoms with E-state index in [1.807, 2.05) is 18.2 Å². The third kappa shape index (κ3) is 3.55. The summed E-state index contributed by atoms with van der Waals surface area (Å²) in [5.41, 5.74) is 5.81. The number of oxime groups is 1. The van der Waals surface area contributed by atoms with E-state index in [2.05, 4.69) is 45.0 Å². The van der Waals surface area contributed by atoms with Crippen LogP contribution in [0, 0.1) is 26.7 Å². The van der Waals surface area contributed by atoms with E-state index in [1.165, 1.54) is 5.56 Å². The third-order valence-electron chi connectivity index (χ3n) is 5.46. The van der Waals surface area contributed by atoms with E-state index in [9.17, 15) is 0 Å². The maximum absolute atomic E-state index is 8.74. The summed E-state index contributed by atoms with van der Waals surface area (Å²) in [6.07, 6.45) is 3.24. The number of benzene rings is 2. The van der Waals surface area contributed by atoms with Gasteiger partial charge in [-0.05, 0) is 62.8 Å². The SMILES string of the molecule is Cc1c(C)c2c(c(C)c1OCc1ccccc1)CC(CC=NO)C(C)O2. The lowest BCUT2D eigenvalue weighted by atomic mass is 9.84. The molecule has 2 atom stereocenters. The molecule has 0 fully saturated rings. The van der Waals surface area contributed by atoms with Crippen molar-refractivity contribution in [3.63, 3.8) is 0 Å². The van der Waals surface area contributed by atoms with Crippen LogP contribution in [0.25, 0.3) is 0 Å². The summed E-state index contributed by atoms with van der Waals surface area (Å²) in [4.78, 5) is 0. The van der Waals surface area contributed by atoms with Gasteiger partial charge in [-0.25, -0.2) is 0 Å². The number of fused-ring (bicyclic) bond motifs is 1. The third-order valence-corrected chi connectivity index (χ3v) is 5.46. The van der Waals surface area contributed by atoms with Gasteiger partial charge < -0.3 is 14.7 Å². The van der Waals surface area contributed by atoms with Crippen molar-refractivity contribution in [2.45, 2.75) is 53.2 Å². The van der Waals surface area contributed by atoms with Gasteiger partial charge in [-0.3, -0.25) is 0 Å². The summed E-state index contributed by atoms with van der Waals surface area (Å²) in [5.74, 6) is 2.25. The van der Waals surface area contributed by atoms with Crippen molar-refractivity contribution < 1.29 is 14.7 Å². The average molecular weight is 353 g/mol. The minimum Gasteiger partial charge on any atom is -0.490 e.